The zero-order chi connectivity index (χ0) is 18.2. The predicted octanol–water partition coefficient (Wildman–Crippen LogP) is 6.29. The highest BCUT2D eigenvalue weighted by molar-refractivity contribution is 5.47. The summed E-state index contributed by atoms with van der Waals surface area (Å²) in [6.45, 7) is 13.0. The Labute approximate surface area is 139 Å². The Morgan fingerprint density at radius 1 is 1.04 bits per heavy atom. The van der Waals surface area contributed by atoms with E-state index < -0.39 is 6.17 Å². The third-order valence-electron chi connectivity index (χ3n) is 3.85. The van der Waals surface area contributed by atoms with Crippen LogP contribution in [0.2, 0.25) is 0 Å². The summed E-state index contributed by atoms with van der Waals surface area (Å²) in [4.78, 5) is 0. The van der Waals surface area contributed by atoms with Gasteiger partial charge in [-0.3, -0.25) is 0 Å². The summed E-state index contributed by atoms with van der Waals surface area (Å²) in [5, 5.41) is 8.63. The smallest absolute Gasteiger partial charge is 0.129 e. The molecule has 0 saturated carbocycles. The molecular weight excluding hydrogens is 292 g/mol. The van der Waals surface area contributed by atoms with Gasteiger partial charge in [-0.05, 0) is 62.5 Å². The van der Waals surface area contributed by atoms with Crippen molar-refractivity contribution in [2.24, 2.45) is 0 Å². The highest BCUT2D eigenvalue weighted by Crippen LogP contribution is 2.26. The number of allylic oxidation sites excluding steroid dienone is 4. The van der Waals surface area contributed by atoms with Gasteiger partial charge in [0.25, 0.3) is 0 Å². The van der Waals surface area contributed by atoms with Gasteiger partial charge in [0.05, 0.1) is 11.6 Å². The average Bonchev–Trinajstić information content (AvgIpc) is 2.56. The van der Waals surface area contributed by atoms with Gasteiger partial charge in [0, 0.05) is 6.42 Å². The topological polar surface area (TPSA) is 23.8 Å². The van der Waals surface area contributed by atoms with Gasteiger partial charge in [-0.25, -0.2) is 8.78 Å². The van der Waals surface area contributed by atoms with E-state index in [1.807, 2.05) is 39.8 Å². The average molecular weight is 319 g/mol. The number of halogens is 2. The maximum atomic E-state index is 13.0. The summed E-state index contributed by atoms with van der Waals surface area (Å²) in [6, 6.07) is 5.75. The SMILES string of the molecule is CC.CC1=CCC(F)C(C)=C1C#N.Cc1ccc(C)c(F)c1C. The molecule has 0 N–H and O–H groups in total. The third kappa shape index (κ3) is 5.63. The minimum atomic E-state index is -0.951. The molecular formula is C20H27F2N. The molecule has 1 aromatic carbocycles. The standard InChI is InChI=1S/C9H10FN.C9H11F.C2H6/c1-6-3-4-9(10)7(2)8(6)5-11;1-6-4-5-7(2)9(10)8(6)3;1-2/h3,9H,4H2,1-2H3;4-5H,1-3H3;1-2H3. The lowest BCUT2D eigenvalue weighted by molar-refractivity contribution is 0.380. The van der Waals surface area contributed by atoms with Gasteiger partial charge in [-0.15, -0.1) is 0 Å². The maximum absolute atomic E-state index is 13.0. The molecule has 3 heteroatoms. The molecule has 0 saturated heterocycles. The third-order valence-corrected chi connectivity index (χ3v) is 3.85. The predicted molar refractivity (Wildman–Crippen MR) is 93.5 cm³/mol. The first-order chi connectivity index (χ1) is 10.8. The molecule has 0 aliphatic heterocycles. The summed E-state index contributed by atoms with van der Waals surface area (Å²) in [7, 11) is 0. The molecule has 23 heavy (non-hydrogen) atoms. The van der Waals surface area contributed by atoms with E-state index in [2.05, 4.69) is 0 Å². The second-order valence-corrected chi connectivity index (χ2v) is 5.40. The highest BCUT2D eigenvalue weighted by atomic mass is 19.1. The zero-order valence-corrected chi connectivity index (χ0v) is 15.2. The lowest BCUT2D eigenvalue weighted by Gasteiger charge is -2.15. The number of nitriles is 1. The number of benzene rings is 1. The Kier molecular flexibility index (Phi) is 9.10. The minimum absolute atomic E-state index is 0.0694. The van der Waals surface area contributed by atoms with Crippen molar-refractivity contribution in [2.45, 2.75) is 61.1 Å². The largest absolute Gasteiger partial charge is 0.242 e. The number of alkyl halides is 1. The van der Waals surface area contributed by atoms with Crippen LogP contribution in [-0.2, 0) is 0 Å². The highest BCUT2D eigenvalue weighted by Gasteiger charge is 2.18. The Morgan fingerprint density at radius 3 is 2.00 bits per heavy atom. The fourth-order valence-electron chi connectivity index (χ4n) is 2.12. The van der Waals surface area contributed by atoms with Crippen molar-refractivity contribution in [1.29, 1.82) is 5.26 Å². The van der Waals surface area contributed by atoms with Gasteiger partial charge in [0.1, 0.15) is 12.0 Å². The fourth-order valence-corrected chi connectivity index (χ4v) is 2.12. The Morgan fingerprint density at radius 2 is 1.57 bits per heavy atom. The molecule has 1 nitrogen and oxygen atoms in total. The fraction of sp³-hybridized carbons (Fsp3) is 0.450. The molecule has 0 bridgehead atoms. The lowest BCUT2D eigenvalue weighted by atomic mass is 9.92. The van der Waals surface area contributed by atoms with Crippen LogP contribution in [0.5, 0.6) is 0 Å². The van der Waals surface area contributed by atoms with Gasteiger partial charge >= 0.3 is 0 Å². The Bertz CT molecular complexity index is 607. The van der Waals surface area contributed by atoms with Crippen molar-refractivity contribution >= 4 is 0 Å². The Balaban J connectivity index is 0.000000381. The minimum Gasteiger partial charge on any atom is -0.242 e. The van der Waals surface area contributed by atoms with E-state index in [1.165, 1.54) is 0 Å². The van der Waals surface area contributed by atoms with Crippen LogP contribution in [0, 0.1) is 37.9 Å². The van der Waals surface area contributed by atoms with E-state index >= 15 is 0 Å². The molecule has 0 aromatic heterocycles. The molecule has 0 heterocycles. The van der Waals surface area contributed by atoms with Crippen molar-refractivity contribution in [3.8, 4) is 6.07 Å². The first kappa shape index (κ1) is 21.0. The van der Waals surface area contributed by atoms with Crippen LogP contribution in [0.3, 0.4) is 0 Å². The van der Waals surface area contributed by atoms with Crippen molar-refractivity contribution in [3.63, 3.8) is 0 Å². The van der Waals surface area contributed by atoms with Crippen LogP contribution in [-0.4, -0.2) is 6.17 Å². The van der Waals surface area contributed by atoms with E-state index in [4.69, 9.17) is 5.26 Å². The first-order valence-electron chi connectivity index (χ1n) is 7.94. The molecule has 2 rings (SSSR count). The molecule has 0 spiro atoms. The lowest BCUT2D eigenvalue weighted by Crippen LogP contribution is -2.08. The van der Waals surface area contributed by atoms with E-state index in [0.29, 0.717) is 17.6 Å². The number of nitrogens with zero attached hydrogens (tertiary/aromatic N) is 1. The normalized spacial score (nSPS) is 16.3. The molecule has 1 aliphatic carbocycles. The quantitative estimate of drug-likeness (QED) is 0.551. The molecule has 1 atom stereocenters. The zero-order valence-electron chi connectivity index (χ0n) is 15.2. The van der Waals surface area contributed by atoms with E-state index in [-0.39, 0.29) is 5.82 Å². The van der Waals surface area contributed by atoms with Crippen LogP contribution < -0.4 is 0 Å². The number of aryl methyl sites for hydroxylation is 2. The van der Waals surface area contributed by atoms with Crippen LogP contribution in [0.15, 0.2) is 34.9 Å². The van der Waals surface area contributed by atoms with Crippen LogP contribution in [0.25, 0.3) is 0 Å². The number of hydrogen-bond acceptors (Lipinski definition) is 1. The second-order valence-electron chi connectivity index (χ2n) is 5.40. The van der Waals surface area contributed by atoms with Gasteiger partial charge in [0.15, 0.2) is 0 Å². The van der Waals surface area contributed by atoms with Crippen LogP contribution in [0.1, 0.15) is 50.8 Å². The van der Waals surface area contributed by atoms with Crippen molar-refractivity contribution in [2.75, 3.05) is 0 Å². The van der Waals surface area contributed by atoms with Crippen LogP contribution >= 0.6 is 0 Å². The summed E-state index contributed by atoms with van der Waals surface area (Å²) in [5.74, 6) is -0.0694. The van der Waals surface area contributed by atoms with Crippen molar-refractivity contribution in [1.82, 2.24) is 0 Å². The molecule has 1 aliphatic rings. The van der Waals surface area contributed by atoms with Gasteiger partial charge in [-0.1, -0.05) is 32.1 Å². The molecule has 0 radical (unpaired) electrons. The van der Waals surface area contributed by atoms with Gasteiger partial charge < -0.3 is 0 Å². The van der Waals surface area contributed by atoms with E-state index in [1.54, 1.807) is 32.9 Å². The Hall–Kier alpha value is -1.95. The summed E-state index contributed by atoms with van der Waals surface area (Å²) < 4.78 is 25.9. The number of rotatable bonds is 0. The molecule has 0 amide bonds. The molecule has 1 unspecified atom stereocenters. The summed E-state index contributed by atoms with van der Waals surface area (Å²) in [6.07, 6.45) is 1.24. The van der Waals surface area contributed by atoms with Crippen LogP contribution in [0.4, 0.5) is 8.78 Å². The van der Waals surface area contributed by atoms with Gasteiger partial charge in [0.2, 0.25) is 0 Å². The monoisotopic (exact) mass is 319 g/mol. The first-order valence-corrected chi connectivity index (χ1v) is 7.94. The van der Waals surface area contributed by atoms with Gasteiger partial charge in [-0.2, -0.15) is 5.26 Å². The van der Waals surface area contributed by atoms with Crippen molar-refractivity contribution in [3.05, 3.63) is 57.4 Å². The maximum Gasteiger partial charge on any atom is 0.129 e. The van der Waals surface area contributed by atoms with E-state index in [9.17, 15) is 8.78 Å². The second kappa shape index (κ2) is 9.94. The molecule has 1 aromatic rings. The summed E-state index contributed by atoms with van der Waals surface area (Å²) in [5.41, 5.74) is 4.50. The van der Waals surface area contributed by atoms with E-state index in [0.717, 1.165) is 22.3 Å². The summed E-state index contributed by atoms with van der Waals surface area (Å²) >= 11 is 0. The van der Waals surface area contributed by atoms with Crippen molar-refractivity contribution < 1.29 is 8.78 Å². The number of hydrogen-bond donors (Lipinski definition) is 0. The molecule has 0 fully saturated rings. The molecule has 126 valence electrons.